The van der Waals surface area contributed by atoms with Gasteiger partial charge in [0.15, 0.2) is 5.96 Å². The lowest BCUT2D eigenvalue weighted by Gasteiger charge is -2.57. The molecular weight excluding hydrogens is 475 g/mol. The van der Waals surface area contributed by atoms with Crippen LogP contribution in [0.4, 0.5) is 0 Å². The first kappa shape index (κ1) is 21.0. The number of fused-ring (bicyclic) bond motifs is 3. The summed E-state index contributed by atoms with van der Waals surface area (Å²) in [6, 6.07) is 9.08. The highest BCUT2D eigenvalue weighted by molar-refractivity contribution is 14.0. The first-order valence-electron chi connectivity index (χ1n) is 10.9. The average Bonchev–Trinajstić information content (AvgIpc) is 3.42. The van der Waals surface area contributed by atoms with Crippen molar-refractivity contribution < 1.29 is 4.74 Å². The van der Waals surface area contributed by atoms with E-state index in [4.69, 9.17) is 4.74 Å². The minimum atomic E-state index is 0. The van der Waals surface area contributed by atoms with Gasteiger partial charge in [0.2, 0.25) is 0 Å². The number of aromatic nitrogens is 1. The second-order valence-electron chi connectivity index (χ2n) is 8.83. The Hall–Kier alpha value is -1.28. The van der Waals surface area contributed by atoms with Crippen LogP contribution in [0.15, 0.2) is 29.3 Å². The molecule has 1 aromatic heterocycles. The van der Waals surface area contributed by atoms with Crippen molar-refractivity contribution in [3.8, 4) is 0 Å². The van der Waals surface area contributed by atoms with Gasteiger partial charge in [-0.15, -0.1) is 24.0 Å². The molecule has 5 nitrogen and oxygen atoms in total. The Labute approximate surface area is 190 Å². The molecular formula is C23H33IN4O. The number of aryl methyl sites for hydroxylation is 1. The van der Waals surface area contributed by atoms with Gasteiger partial charge in [0.05, 0.1) is 6.10 Å². The van der Waals surface area contributed by atoms with Crippen LogP contribution in [0.3, 0.4) is 0 Å². The Morgan fingerprint density at radius 2 is 2.07 bits per heavy atom. The van der Waals surface area contributed by atoms with Crippen LogP contribution in [-0.4, -0.2) is 43.3 Å². The predicted molar refractivity (Wildman–Crippen MR) is 129 cm³/mol. The van der Waals surface area contributed by atoms with E-state index < -0.39 is 0 Å². The summed E-state index contributed by atoms with van der Waals surface area (Å²) < 4.78 is 6.12. The maximum Gasteiger partial charge on any atom is 0.191 e. The van der Waals surface area contributed by atoms with E-state index in [-0.39, 0.29) is 24.0 Å². The molecule has 0 bridgehead atoms. The maximum atomic E-state index is 6.12. The maximum absolute atomic E-state index is 6.12. The van der Waals surface area contributed by atoms with Gasteiger partial charge in [-0.25, -0.2) is 0 Å². The Morgan fingerprint density at radius 1 is 1.28 bits per heavy atom. The summed E-state index contributed by atoms with van der Waals surface area (Å²) in [6.45, 7) is 3.98. The molecule has 3 N–H and O–H groups in total. The Balaban J connectivity index is 0.00000205. The van der Waals surface area contributed by atoms with E-state index in [1.807, 2.05) is 7.05 Å². The van der Waals surface area contributed by atoms with Crippen molar-refractivity contribution in [1.82, 2.24) is 15.6 Å². The van der Waals surface area contributed by atoms with E-state index in [2.05, 4.69) is 51.8 Å². The Kier molecular flexibility index (Phi) is 6.11. The lowest BCUT2D eigenvalue weighted by Crippen LogP contribution is -2.69. The van der Waals surface area contributed by atoms with Crippen LogP contribution >= 0.6 is 24.0 Å². The number of rotatable bonds is 4. The number of benzene rings is 1. The summed E-state index contributed by atoms with van der Waals surface area (Å²) in [5.41, 5.74) is 4.24. The van der Waals surface area contributed by atoms with Crippen molar-refractivity contribution in [1.29, 1.82) is 0 Å². The van der Waals surface area contributed by atoms with Gasteiger partial charge in [-0.05, 0) is 44.2 Å². The van der Waals surface area contributed by atoms with Gasteiger partial charge >= 0.3 is 0 Å². The summed E-state index contributed by atoms with van der Waals surface area (Å²) in [4.78, 5) is 8.03. The summed E-state index contributed by atoms with van der Waals surface area (Å²) >= 11 is 0. The quantitative estimate of drug-likeness (QED) is 0.331. The molecule has 158 valence electrons. The second kappa shape index (κ2) is 8.46. The van der Waals surface area contributed by atoms with Gasteiger partial charge < -0.3 is 20.4 Å². The SMILES string of the molecule is CN=C(NCCc1c(C)[nH]c2ccccc12)NC1C2CCOC2C12CCCC2.I. The number of aromatic amines is 1. The van der Waals surface area contributed by atoms with E-state index >= 15 is 0 Å². The molecule has 3 atom stereocenters. The molecule has 1 aliphatic heterocycles. The minimum absolute atomic E-state index is 0. The Bertz CT molecular complexity index is 886. The number of hydrogen-bond donors (Lipinski definition) is 3. The van der Waals surface area contributed by atoms with Crippen LogP contribution in [0, 0.1) is 18.3 Å². The molecule has 2 aromatic rings. The first-order chi connectivity index (χ1) is 13.7. The third-order valence-electron chi connectivity index (χ3n) is 7.50. The zero-order valence-electron chi connectivity index (χ0n) is 17.5. The second-order valence-corrected chi connectivity index (χ2v) is 8.83. The highest BCUT2D eigenvalue weighted by Crippen LogP contribution is 2.60. The average molecular weight is 508 g/mol. The van der Waals surface area contributed by atoms with Crippen molar-refractivity contribution in [2.45, 2.75) is 57.6 Å². The smallest absolute Gasteiger partial charge is 0.191 e. The molecule has 3 aliphatic rings. The third kappa shape index (κ3) is 3.46. The van der Waals surface area contributed by atoms with E-state index in [0.29, 0.717) is 23.5 Å². The van der Waals surface area contributed by atoms with Crippen LogP contribution in [0.1, 0.15) is 43.4 Å². The van der Waals surface area contributed by atoms with Crippen molar-refractivity contribution in [3.63, 3.8) is 0 Å². The predicted octanol–water partition coefficient (Wildman–Crippen LogP) is 4.15. The zero-order valence-corrected chi connectivity index (χ0v) is 19.8. The van der Waals surface area contributed by atoms with Crippen LogP contribution in [-0.2, 0) is 11.2 Å². The van der Waals surface area contributed by atoms with Crippen LogP contribution in [0.5, 0.6) is 0 Å². The highest BCUT2D eigenvalue weighted by Gasteiger charge is 2.65. The Morgan fingerprint density at radius 3 is 2.86 bits per heavy atom. The van der Waals surface area contributed by atoms with Crippen LogP contribution < -0.4 is 10.6 Å². The number of para-hydroxylation sites is 1. The molecule has 2 saturated carbocycles. The normalized spacial score (nSPS) is 27.5. The van der Waals surface area contributed by atoms with Crippen LogP contribution in [0.2, 0.25) is 0 Å². The number of nitrogens with one attached hydrogen (secondary N) is 3. The van der Waals surface area contributed by atoms with Crippen molar-refractivity contribution in [2.24, 2.45) is 16.3 Å². The van der Waals surface area contributed by atoms with Crippen molar-refractivity contribution >= 4 is 40.8 Å². The summed E-state index contributed by atoms with van der Waals surface area (Å²) in [5.74, 6) is 1.60. The standard InChI is InChI=1S/C23H32N4O.HI/c1-15-16(17-7-3-4-8-19(17)26-15)9-13-25-22(24-2)27-20-18-10-14-28-21(18)23(20)11-5-6-12-23;/h3-4,7-8,18,20-21,26H,5-6,9-14H2,1-2H3,(H2,24,25,27);1H. The van der Waals surface area contributed by atoms with Gasteiger partial charge in [0.1, 0.15) is 0 Å². The number of nitrogens with zero attached hydrogens (tertiary/aromatic N) is 1. The molecule has 2 aliphatic carbocycles. The first-order valence-corrected chi connectivity index (χ1v) is 10.9. The number of halogens is 1. The van der Waals surface area contributed by atoms with E-state index in [0.717, 1.165) is 25.5 Å². The van der Waals surface area contributed by atoms with Gasteiger partial charge in [0, 0.05) is 54.2 Å². The number of hydrogen-bond acceptors (Lipinski definition) is 2. The zero-order chi connectivity index (χ0) is 19.1. The lowest BCUT2D eigenvalue weighted by molar-refractivity contribution is -0.125. The molecule has 0 radical (unpaired) electrons. The number of H-pyrrole nitrogens is 1. The van der Waals surface area contributed by atoms with Crippen molar-refractivity contribution in [3.05, 3.63) is 35.5 Å². The highest BCUT2D eigenvalue weighted by atomic mass is 127. The molecule has 3 fully saturated rings. The van der Waals surface area contributed by atoms with E-state index in [1.54, 1.807) is 0 Å². The minimum Gasteiger partial charge on any atom is -0.377 e. The molecule has 29 heavy (non-hydrogen) atoms. The van der Waals surface area contributed by atoms with Crippen molar-refractivity contribution in [2.75, 3.05) is 20.2 Å². The fourth-order valence-electron chi connectivity index (χ4n) is 6.21. The van der Waals surface area contributed by atoms with Gasteiger partial charge in [-0.3, -0.25) is 4.99 Å². The monoisotopic (exact) mass is 508 g/mol. The summed E-state index contributed by atoms with van der Waals surface area (Å²) in [5, 5.41) is 8.69. The molecule has 2 heterocycles. The molecule has 0 amide bonds. The van der Waals surface area contributed by atoms with Gasteiger partial charge in [0.25, 0.3) is 0 Å². The van der Waals surface area contributed by atoms with E-state index in [9.17, 15) is 0 Å². The van der Waals surface area contributed by atoms with Crippen LogP contribution in [0.25, 0.3) is 10.9 Å². The molecule has 5 rings (SSSR count). The number of ether oxygens (including phenoxy) is 1. The third-order valence-corrected chi connectivity index (χ3v) is 7.50. The largest absolute Gasteiger partial charge is 0.377 e. The fraction of sp³-hybridized carbons (Fsp3) is 0.609. The lowest BCUT2D eigenvalue weighted by atomic mass is 9.54. The number of aliphatic imine (C=N–C) groups is 1. The summed E-state index contributed by atoms with van der Waals surface area (Å²) in [6.07, 6.45) is 7.96. The van der Waals surface area contributed by atoms with Gasteiger partial charge in [-0.1, -0.05) is 31.0 Å². The van der Waals surface area contributed by atoms with E-state index in [1.165, 1.54) is 54.3 Å². The molecule has 1 aromatic carbocycles. The molecule has 6 heteroatoms. The number of guanidine groups is 1. The molecule has 1 spiro atoms. The topological polar surface area (TPSA) is 61.4 Å². The molecule has 3 unspecified atom stereocenters. The molecule has 1 saturated heterocycles. The van der Waals surface area contributed by atoms with Gasteiger partial charge in [-0.2, -0.15) is 0 Å². The summed E-state index contributed by atoms with van der Waals surface area (Å²) in [7, 11) is 1.88. The fourth-order valence-corrected chi connectivity index (χ4v) is 6.21.